The maximum atomic E-state index is 11.8. The van der Waals surface area contributed by atoms with Crippen LogP contribution in [0.3, 0.4) is 0 Å². The van der Waals surface area contributed by atoms with Crippen LogP contribution in [-0.2, 0) is 20.9 Å². The lowest BCUT2D eigenvalue weighted by molar-refractivity contribution is -0.155. The third-order valence-electron chi connectivity index (χ3n) is 2.85. The molecule has 1 rings (SSSR count). The minimum Gasteiger partial charge on any atom is -0.460 e. The van der Waals surface area contributed by atoms with Crippen LogP contribution in [0, 0.1) is 0 Å². The van der Waals surface area contributed by atoms with Crippen LogP contribution >= 0.6 is 0 Å². The first-order valence-electron chi connectivity index (χ1n) is 7.60. The number of aliphatic hydroxyl groups is 1. The number of benzene rings is 1. The van der Waals surface area contributed by atoms with E-state index in [1.54, 1.807) is 20.8 Å². The molecule has 0 radical (unpaired) electrons. The Morgan fingerprint density at radius 1 is 1.22 bits per heavy atom. The zero-order chi connectivity index (χ0) is 17.3. The number of amides is 1. The largest absolute Gasteiger partial charge is 0.460 e. The number of carbonyl (C=O) groups excluding carboxylic acids is 2. The molecule has 0 saturated carbocycles. The van der Waals surface area contributed by atoms with Crippen LogP contribution in [0.5, 0.6) is 0 Å². The second-order valence-corrected chi connectivity index (χ2v) is 6.21. The Labute approximate surface area is 136 Å². The van der Waals surface area contributed by atoms with Crippen LogP contribution in [0.15, 0.2) is 30.3 Å². The smallest absolute Gasteiger partial charge is 0.407 e. The number of carbonyl (C=O) groups is 2. The highest BCUT2D eigenvalue weighted by Gasteiger charge is 2.22. The highest BCUT2D eigenvalue weighted by molar-refractivity contribution is 5.73. The van der Waals surface area contributed by atoms with Gasteiger partial charge in [-0.3, -0.25) is 4.79 Å². The molecule has 23 heavy (non-hydrogen) atoms. The molecule has 0 aliphatic rings. The normalized spacial score (nSPS) is 12.3. The molecule has 6 nitrogen and oxygen atoms in total. The molecule has 0 aromatic heterocycles. The van der Waals surface area contributed by atoms with Crippen molar-refractivity contribution in [3.8, 4) is 0 Å². The zero-order valence-electron chi connectivity index (χ0n) is 13.9. The fraction of sp³-hybridized carbons (Fsp3) is 0.529. The van der Waals surface area contributed by atoms with E-state index in [4.69, 9.17) is 14.6 Å². The summed E-state index contributed by atoms with van der Waals surface area (Å²) < 4.78 is 10.3. The van der Waals surface area contributed by atoms with Crippen molar-refractivity contribution in [1.82, 2.24) is 5.32 Å². The lowest BCUT2D eigenvalue weighted by Crippen LogP contribution is -2.39. The SMILES string of the molecule is CC(C)(C)OC(=O)C[C@H](CCO)NC(=O)OCc1ccccc1. The van der Waals surface area contributed by atoms with Gasteiger partial charge < -0.3 is 19.9 Å². The zero-order valence-corrected chi connectivity index (χ0v) is 13.9. The Balaban J connectivity index is 2.44. The van der Waals surface area contributed by atoms with Crippen molar-refractivity contribution in [1.29, 1.82) is 0 Å². The van der Waals surface area contributed by atoms with Gasteiger partial charge in [0.25, 0.3) is 0 Å². The molecule has 6 heteroatoms. The van der Waals surface area contributed by atoms with Crippen LogP contribution in [-0.4, -0.2) is 35.4 Å². The van der Waals surface area contributed by atoms with Gasteiger partial charge in [-0.1, -0.05) is 30.3 Å². The summed E-state index contributed by atoms with van der Waals surface area (Å²) in [4.78, 5) is 23.6. The molecule has 0 bridgehead atoms. The maximum Gasteiger partial charge on any atom is 0.407 e. The topological polar surface area (TPSA) is 84.9 Å². The molecule has 0 heterocycles. The van der Waals surface area contributed by atoms with Crippen LogP contribution in [0.1, 0.15) is 39.2 Å². The first-order chi connectivity index (χ1) is 10.8. The summed E-state index contributed by atoms with van der Waals surface area (Å²) in [6.45, 7) is 5.31. The van der Waals surface area contributed by atoms with Crippen molar-refractivity contribution < 1.29 is 24.2 Å². The molecular weight excluding hydrogens is 298 g/mol. The lowest BCUT2D eigenvalue weighted by atomic mass is 10.1. The quantitative estimate of drug-likeness (QED) is 0.753. The van der Waals surface area contributed by atoms with Crippen LogP contribution < -0.4 is 5.32 Å². The average Bonchev–Trinajstić information content (AvgIpc) is 2.44. The van der Waals surface area contributed by atoms with Gasteiger partial charge in [0.05, 0.1) is 6.42 Å². The highest BCUT2D eigenvalue weighted by Crippen LogP contribution is 2.10. The standard InChI is InChI=1S/C17H25NO5/c1-17(2,3)23-15(20)11-14(9-10-19)18-16(21)22-12-13-7-5-4-6-8-13/h4-8,14,19H,9-12H2,1-3H3,(H,18,21)/t14-/m0/s1. The van der Waals surface area contributed by atoms with E-state index in [0.29, 0.717) is 0 Å². The molecule has 0 aliphatic carbocycles. The number of hydrogen-bond donors (Lipinski definition) is 2. The molecule has 1 aromatic carbocycles. The van der Waals surface area contributed by atoms with Gasteiger partial charge in [0.15, 0.2) is 0 Å². The van der Waals surface area contributed by atoms with Crippen LogP contribution in [0.2, 0.25) is 0 Å². The summed E-state index contributed by atoms with van der Waals surface area (Å²) in [7, 11) is 0. The van der Waals surface area contributed by atoms with Crippen molar-refractivity contribution in [3.05, 3.63) is 35.9 Å². The maximum absolute atomic E-state index is 11.8. The molecule has 0 unspecified atom stereocenters. The summed E-state index contributed by atoms with van der Waals surface area (Å²) >= 11 is 0. The monoisotopic (exact) mass is 323 g/mol. The van der Waals surface area contributed by atoms with Gasteiger partial charge in [0, 0.05) is 12.6 Å². The number of ether oxygens (including phenoxy) is 2. The third kappa shape index (κ3) is 8.83. The lowest BCUT2D eigenvalue weighted by Gasteiger charge is -2.22. The average molecular weight is 323 g/mol. The van der Waals surface area contributed by atoms with Crippen molar-refractivity contribution in [3.63, 3.8) is 0 Å². The predicted molar refractivity (Wildman–Crippen MR) is 85.7 cm³/mol. The first-order valence-corrected chi connectivity index (χ1v) is 7.60. The fourth-order valence-electron chi connectivity index (χ4n) is 1.90. The van der Waals surface area contributed by atoms with E-state index >= 15 is 0 Å². The van der Waals surface area contributed by atoms with E-state index < -0.39 is 23.7 Å². The van der Waals surface area contributed by atoms with Crippen LogP contribution in [0.25, 0.3) is 0 Å². The Morgan fingerprint density at radius 3 is 2.43 bits per heavy atom. The summed E-state index contributed by atoms with van der Waals surface area (Å²) in [5, 5.41) is 11.6. The Hall–Kier alpha value is -2.08. The van der Waals surface area contributed by atoms with E-state index in [1.807, 2.05) is 30.3 Å². The number of alkyl carbamates (subject to hydrolysis) is 1. The first kappa shape index (κ1) is 19.0. The molecule has 128 valence electrons. The van der Waals surface area contributed by atoms with E-state index in [1.165, 1.54) is 0 Å². The van der Waals surface area contributed by atoms with E-state index in [-0.39, 0.29) is 26.1 Å². The molecular formula is C17H25NO5. The van der Waals surface area contributed by atoms with E-state index in [0.717, 1.165) is 5.56 Å². The number of hydrogen-bond acceptors (Lipinski definition) is 5. The van der Waals surface area contributed by atoms with Gasteiger partial charge in [0.2, 0.25) is 0 Å². The fourth-order valence-corrected chi connectivity index (χ4v) is 1.90. The number of rotatable bonds is 7. The second kappa shape index (κ2) is 9.15. The Morgan fingerprint density at radius 2 is 1.87 bits per heavy atom. The summed E-state index contributed by atoms with van der Waals surface area (Å²) in [5.74, 6) is -0.431. The number of aliphatic hydroxyl groups excluding tert-OH is 1. The van der Waals surface area contributed by atoms with Crippen LogP contribution in [0.4, 0.5) is 4.79 Å². The predicted octanol–water partition coefficient (Wildman–Crippen LogP) is 2.40. The molecule has 0 spiro atoms. The molecule has 2 N–H and O–H groups in total. The van der Waals surface area contributed by atoms with Gasteiger partial charge in [0.1, 0.15) is 12.2 Å². The van der Waals surface area contributed by atoms with Crippen molar-refractivity contribution in [2.75, 3.05) is 6.61 Å². The third-order valence-corrected chi connectivity index (χ3v) is 2.85. The summed E-state index contributed by atoms with van der Waals surface area (Å²) in [6, 6.07) is 8.75. The minimum atomic E-state index is -0.629. The molecule has 0 fully saturated rings. The molecule has 1 atom stereocenters. The highest BCUT2D eigenvalue weighted by atomic mass is 16.6. The number of nitrogens with one attached hydrogen (secondary N) is 1. The van der Waals surface area contributed by atoms with Gasteiger partial charge in [-0.15, -0.1) is 0 Å². The summed E-state index contributed by atoms with van der Waals surface area (Å²) in [6.07, 6.45) is -0.395. The molecule has 1 amide bonds. The summed E-state index contributed by atoms with van der Waals surface area (Å²) in [5.41, 5.74) is 0.280. The molecule has 0 saturated heterocycles. The minimum absolute atomic E-state index is 0.0156. The van der Waals surface area contributed by atoms with Gasteiger partial charge in [-0.25, -0.2) is 4.79 Å². The van der Waals surface area contributed by atoms with E-state index in [2.05, 4.69) is 5.32 Å². The van der Waals surface area contributed by atoms with Gasteiger partial charge >= 0.3 is 12.1 Å². The second-order valence-electron chi connectivity index (χ2n) is 6.21. The van der Waals surface area contributed by atoms with Crippen molar-refractivity contribution in [2.45, 2.75) is 51.9 Å². The molecule has 0 aliphatic heterocycles. The molecule has 1 aromatic rings. The Kier molecular flexibility index (Phi) is 7.54. The Bertz CT molecular complexity index is 495. The van der Waals surface area contributed by atoms with Gasteiger partial charge in [-0.2, -0.15) is 0 Å². The van der Waals surface area contributed by atoms with Crippen molar-refractivity contribution in [2.24, 2.45) is 0 Å². The van der Waals surface area contributed by atoms with E-state index in [9.17, 15) is 9.59 Å². The number of esters is 1. The van der Waals surface area contributed by atoms with Crippen molar-refractivity contribution >= 4 is 12.1 Å². The van der Waals surface area contributed by atoms with Gasteiger partial charge in [-0.05, 0) is 32.8 Å².